The predicted molar refractivity (Wildman–Crippen MR) is 51.0 cm³/mol. The summed E-state index contributed by atoms with van der Waals surface area (Å²) in [4.78, 5) is 0. The van der Waals surface area contributed by atoms with Crippen LogP contribution in [0.25, 0.3) is 0 Å². The van der Waals surface area contributed by atoms with E-state index in [9.17, 15) is 8.78 Å². The van der Waals surface area contributed by atoms with Crippen molar-refractivity contribution in [2.75, 3.05) is 6.61 Å². The molecule has 1 N–H and O–H groups in total. The Morgan fingerprint density at radius 1 is 1.29 bits per heavy atom. The molecule has 0 aliphatic heterocycles. The van der Waals surface area contributed by atoms with E-state index in [1.807, 2.05) is 0 Å². The lowest BCUT2D eigenvalue weighted by Gasteiger charge is -2.02. The first-order valence-corrected chi connectivity index (χ1v) is 4.39. The maximum absolute atomic E-state index is 12.5. The highest BCUT2D eigenvalue weighted by molar-refractivity contribution is 5.17. The van der Waals surface area contributed by atoms with Crippen molar-refractivity contribution < 1.29 is 13.9 Å². The molecule has 0 saturated heterocycles. The van der Waals surface area contributed by atoms with Gasteiger partial charge in [0.2, 0.25) is 0 Å². The fourth-order valence-corrected chi connectivity index (χ4v) is 1.12. The molecule has 0 amide bonds. The fraction of sp³-hybridized carbons (Fsp3) is 0.273. The molecule has 14 heavy (non-hydrogen) atoms. The van der Waals surface area contributed by atoms with Crippen molar-refractivity contribution >= 4 is 0 Å². The van der Waals surface area contributed by atoms with Gasteiger partial charge in [0.1, 0.15) is 5.82 Å². The molecule has 0 saturated carbocycles. The lowest BCUT2D eigenvalue weighted by molar-refractivity contribution is 0.323. The largest absolute Gasteiger partial charge is 0.392 e. The Morgan fingerprint density at radius 3 is 2.43 bits per heavy atom. The van der Waals surface area contributed by atoms with E-state index in [0.29, 0.717) is 24.7 Å². The Balaban J connectivity index is 2.49. The van der Waals surface area contributed by atoms with Gasteiger partial charge in [0.05, 0.1) is 12.9 Å². The summed E-state index contributed by atoms with van der Waals surface area (Å²) in [6, 6.07) is 6.05. The fourth-order valence-electron chi connectivity index (χ4n) is 1.12. The second-order valence-corrected chi connectivity index (χ2v) is 3.05. The molecule has 1 nitrogen and oxygen atoms in total. The molecule has 1 aromatic rings. The molecule has 0 aliphatic rings. The summed E-state index contributed by atoms with van der Waals surface area (Å²) in [5, 5.41) is 8.68. The molecule has 0 heterocycles. The number of aliphatic hydroxyl groups is 1. The van der Waals surface area contributed by atoms with Gasteiger partial charge in [0, 0.05) is 0 Å². The van der Waals surface area contributed by atoms with E-state index in [1.165, 1.54) is 12.1 Å². The highest BCUT2D eigenvalue weighted by Crippen LogP contribution is 2.10. The van der Waals surface area contributed by atoms with Crippen LogP contribution in [0.3, 0.4) is 0 Å². The summed E-state index contributed by atoms with van der Waals surface area (Å²) >= 11 is 0. The van der Waals surface area contributed by atoms with Crippen LogP contribution in [-0.4, -0.2) is 11.7 Å². The summed E-state index contributed by atoms with van der Waals surface area (Å²) < 4.78 is 24.5. The molecule has 1 rings (SSSR count). The molecule has 0 radical (unpaired) electrons. The second-order valence-electron chi connectivity index (χ2n) is 3.05. The van der Waals surface area contributed by atoms with Gasteiger partial charge in [-0.25, -0.2) is 8.78 Å². The van der Waals surface area contributed by atoms with Gasteiger partial charge in [-0.2, -0.15) is 0 Å². The lowest BCUT2D eigenvalue weighted by atomic mass is 10.1. The summed E-state index contributed by atoms with van der Waals surface area (Å²) in [6.45, 7) is -0.266. The normalized spacial score (nSPS) is 11.8. The van der Waals surface area contributed by atoms with E-state index in [0.717, 1.165) is 5.56 Å². The number of benzene rings is 1. The molecular weight excluding hydrogens is 186 g/mol. The molecular formula is C11H12F2O. The SMILES string of the molecule is OCC(=CF)CCc1ccc(F)cc1. The van der Waals surface area contributed by atoms with Crippen molar-refractivity contribution in [3.05, 3.63) is 47.5 Å². The number of aryl methyl sites for hydroxylation is 1. The van der Waals surface area contributed by atoms with Gasteiger partial charge in [-0.3, -0.25) is 0 Å². The van der Waals surface area contributed by atoms with Crippen LogP contribution in [0.15, 0.2) is 36.2 Å². The first kappa shape index (κ1) is 10.9. The number of halogens is 2. The third kappa shape index (κ3) is 3.26. The van der Waals surface area contributed by atoms with Gasteiger partial charge in [0.25, 0.3) is 0 Å². The predicted octanol–water partition coefficient (Wildman–Crippen LogP) is 2.60. The van der Waals surface area contributed by atoms with Crippen LogP contribution in [0.2, 0.25) is 0 Å². The second kappa shape index (κ2) is 5.50. The topological polar surface area (TPSA) is 20.2 Å². The number of hydrogen-bond donors (Lipinski definition) is 1. The Hall–Kier alpha value is -1.22. The smallest absolute Gasteiger partial charge is 0.123 e. The van der Waals surface area contributed by atoms with Crippen LogP contribution < -0.4 is 0 Å². The van der Waals surface area contributed by atoms with E-state index in [-0.39, 0.29) is 12.4 Å². The van der Waals surface area contributed by atoms with Gasteiger partial charge in [-0.1, -0.05) is 12.1 Å². The van der Waals surface area contributed by atoms with Crippen LogP contribution in [-0.2, 0) is 6.42 Å². The van der Waals surface area contributed by atoms with E-state index in [2.05, 4.69) is 0 Å². The highest BCUT2D eigenvalue weighted by Gasteiger charge is 1.98. The van der Waals surface area contributed by atoms with Crippen LogP contribution in [0.1, 0.15) is 12.0 Å². The average molecular weight is 198 g/mol. The van der Waals surface area contributed by atoms with Gasteiger partial charge in [-0.15, -0.1) is 0 Å². The maximum Gasteiger partial charge on any atom is 0.123 e. The Kier molecular flexibility index (Phi) is 4.26. The summed E-state index contributed by atoms with van der Waals surface area (Å²) in [5.74, 6) is -0.280. The quantitative estimate of drug-likeness (QED) is 0.788. The minimum absolute atomic E-state index is 0.266. The van der Waals surface area contributed by atoms with Crippen molar-refractivity contribution in [2.24, 2.45) is 0 Å². The zero-order chi connectivity index (χ0) is 10.4. The van der Waals surface area contributed by atoms with Crippen LogP contribution in [0.5, 0.6) is 0 Å². The minimum Gasteiger partial charge on any atom is -0.392 e. The highest BCUT2D eigenvalue weighted by atomic mass is 19.1. The molecule has 0 aliphatic carbocycles. The first-order chi connectivity index (χ1) is 6.76. The molecule has 0 atom stereocenters. The van der Waals surface area contributed by atoms with Crippen molar-refractivity contribution in [2.45, 2.75) is 12.8 Å². The summed E-state index contributed by atoms with van der Waals surface area (Å²) in [7, 11) is 0. The molecule has 0 aromatic heterocycles. The summed E-state index contributed by atoms with van der Waals surface area (Å²) in [5.41, 5.74) is 1.29. The van der Waals surface area contributed by atoms with Gasteiger partial charge in [-0.05, 0) is 36.1 Å². The third-order valence-electron chi connectivity index (χ3n) is 2.01. The van der Waals surface area contributed by atoms with Crippen LogP contribution >= 0.6 is 0 Å². The maximum atomic E-state index is 12.5. The molecule has 0 bridgehead atoms. The molecule has 76 valence electrons. The molecule has 0 fully saturated rings. The molecule has 3 heteroatoms. The summed E-state index contributed by atoms with van der Waals surface area (Å²) in [6.07, 6.45) is 1.48. The van der Waals surface area contributed by atoms with Crippen molar-refractivity contribution in [1.82, 2.24) is 0 Å². The zero-order valence-corrected chi connectivity index (χ0v) is 7.71. The number of hydrogen-bond acceptors (Lipinski definition) is 1. The number of rotatable bonds is 4. The van der Waals surface area contributed by atoms with Crippen molar-refractivity contribution in [1.29, 1.82) is 0 Å². The Bertz CT molecular complexity index is 304. The third-order valence-corrected chi connectivity index (χ3v) is 2.01. The van der Waals surface area contributed by atoms with Crippen LogP contribution in [0.4, 0.5) is 8.78 Å². The van der Waals surface area contributed by atoms with E-state index >= 15 is 0 Å². The number of aliphatic hydroxyl groups excluding tert-OH is 1. The molecule has 1 aromatic carbocycles. The Morgan fingerprint density at radius 2 is 1.93 bits per heavy atom. The van der Waals surface area contributed by atoms with Gasteiger partial charge in [0.15, 0.2) is 0 Å². The van der Waals surface area contributed by atoms with Crippen LogP contribution in [0, 0.1) is 5.82 Å². The standard InChI is InChI=1S/C11H12F2O/c12-7-10(8-14)2-1-9-3-5-11(13)6-4-9/h3-7,14H,1-2,8H2. The molecule has 0 spiro atoms. The Labute approximate surface area is 81.7 Å². The lowest BCUT2D eigenvalue weighted by Crippen LogP contribution is -1.93. The van der Waals surface area contributed by atoms with Crippen molar-refractivity contribution in [3.63, 3.8) is 0 Å². The van der Waals surface area contributed by atoms with Gasteiger partial charge < -0.3 is 5.11 Å². The van der Waals surface area contributed by atoms with Crippen molar-refractivity contribution in [3.8, 4) is 0 Å². The van der Waals surface area contributed by atoms with Gasteiger partial charge >= 0.3 is 0 Å². The van der Waals surface area contributed by atoms with E-state index < -0.39 is 0 Å². The van der Waals surface area contributed by atoms with E-state index in [4.69, 9.17) is 5.11 Å². The van der Waals surface area contributed by atoms with E-state index in [1.54, 1.807) is 12.1 Å². The first-order valence-electron chi connectivity index (χ1n) is 4.39. The minimum atomic E-state index is -0.280. The zero-order valence-electron chi connectivity index (χ0n) is 7.71. The monoisotopic (exact) mass is 198 g/mol. The molecule has 0 unspecified atom stereocenters. The average Bonchev–Trinajstić information content (AvgIpc) is 2.22.